The molecule has 20 heavy (non-hydrogen) atoms. The van der Waals surface area contributed by atoms with Gasteiger partial charge in [0, 0.05) is 43.0 Å². The number of rotatable bonds is 9. The van der Waals surface area contributed by atoms with Crippen LogP contribution in [0.3, 0.4) is 0 Å². The van der Waals surface area contributed by atoms with Gasteiger partial charge in [0.05, 0.1) is 11.5 Å². The third-order valence-corrected chi connectivity index (χ3v) is 5.89. The van der Waals surface area contributed by atoms with Gasteiger partial charge >= 0.3 is 0 Å². The predicted molar refractivity (Wildman–Crippen MR) is 82.6 cm³/mol. The predicted octanol–water partition coefficient (Wildman–Crippen LogP) is 1.90. The van der Waals surface area contributed by atoms with Gasteiger partial charge in [0.1, 0.15) is 0 Å². The van der Waals surface area contributed by atoms with Crippen molar-refractivity contribution in [1.82, 2.24) is 9.62 Å². The molecule has 0 aliphatic heterocycles. The van der Waals surface area contributed by atoms with Crippen LogP contribution < -0.4 is 5.32 Å². The molecule has 1 N–H and O–H groups in total. The lowest BCUT2D eigenvalue weighted by Crippen LogP contribution is -2.33. The second-order valence-electron chi connectivity index (χ2n) is 4.77. The van der Waals surface area contributed by atoms with E-state index in [0.717, 1.165) is 4.88 Å². The molecule has 0 spiro atoms. The Hall–Kier alpha value is -0.470. The Balaban J connectivity index is 2.81. The van der Waals surface area contributed by atoms with Crippen LogP contribution >= 0.6 is 11.3 Å². The summed E-state index contributed by atoms with van der Waals surface area (Å²) in [6.07, 6.45) is 0. The van der Waals surface area contributed by atoms with E-state index in [4.69, 9.17) is 4.74 Å². The van der Waals surface area contributed by atoms with Crippen LogP contribution in [-0.2, 0) is 21.3 Å². The summed E-state index contributed by atoms with van der Waals surface area (Å²) in [6.45, 7) is 7.89. The molecular formula is C13H24N2O3S2. The van der Waals surface area contributed by atoms with E-state index in [0.29, 0.717) is 37.2 Å². The highest BCUT2D eigenvalue weighted by Gasteiger charge is 2.23. The number of nitrogens with zero attached hydrogens (tertiary/aromatic N) is 1. The van der Waals surface area contributed by atoms with Gasteiger partial charge in [-0.1, -0.05) is 20.8 Å². The minimum Gasteiger partial charge on any atom is -0.383 e. The summed E-state index contributed by atoms with van der Waals surface area (Å²) in [7, 11) is -1.83. The summed E-state index contributed by atoms with van der Waals surface area (Å²) >= 11 is 1.47. The summed E-state index contributed by atoms with van der Waals surface area (Å²) in [5, 5.41) is 5.00. The summed E-state index contributed by atoms with van der Waals surface area (Å²) in [4.78, 5) is 1.40. The Kier molecular flexibility index (Phi) is 7.11. The molecule has 0 saturated carbocycles. The third-order valence-electron chi connectivity index (χ3n) is 2.85. The van der Waals surface area contributed by atoms with Gasteiger partial charge in [-0.05, 0) is 6.07 Å². The van der Waals surface area contributed by atoms with E-state index < -0.39 is 10.0 Å². The van der Waals surface area contributed by atoms with Gasteiger partial charge in [-0.3, -0.25) is 0 Å². The second-order valence-corrected chi connectivity index (χ2v) is 7.71. The van der Waals surface area contributed by atoms with Gasteiger partial charge in [0.2, 0.25) is 10.0 Å². The van der Waals surface area contributed by atoms with Gasteiger partial charge in [-0.15, -0.1) is 11.3 Å². The second kappa shape index (κ2) is 8.09. The number of methoxy groups -OCH3 is 1. The first kappa shape index (κ1) is 17.6. The fourth-order valence-electron chi connectivity index (χ4n) is 1.68. The normalized spacial score (nSPS) is 12.5. The fraction of sp³-hybridized carbons (Fsp3) is 0.692. The number of nitrogens with one attached hydrogen (secondary N) is 1. The van der Waals surface area contributed by atoms with E-state index in [1.807, 2.05) is 6.92 Å². The maximum atomic E-state index is 12.5. The summed E-state index contributed by atoms with van der Waals surface area (Å²) in [5.41, 5.74) is 0. The van der Waals surface area contributed by atoms with E-state index in [9.17, 15) is 8.42 Å². The molecule has 0 fully saturated rings. The average molecular weight is 320 g/mol. The molecule has 0 unspecified atom stereocenters. The number of ether oxygens (including phenoxy) is 1. The van der Waals surface area contributed by atoms with Gasteiger partial charge in [-0.25, -0.2) is 8.42 Å². The van der Waals surface area contributed by atoms with Crippen LogP contribution in [0.1, 0.15) is 25.6 Å². The van der Waals surface area contributed by atoms with Gasteiger partial charge in [0.25, 0.3) is 0 Å². The monoisotopic (exact) mass is 320 g/mol. The van der Waals surface area contributed by atoms with Crippen molar-refractivity contribution in [2.75, 3.05) is 26.8 Å². The van der Waals surface area contributed by atoms with Crippen molar-refractivity contribution in [3.63, 3.8) is 0 Å². The summed E-state index contributed by atoms with van der Waals surface area (Å²) < 4.78 is 31.4. The van der Waals surface area contributed by atoms with Crippen LogP contribution in [0.15, 0.2) is 16.3 Å². The Morgan fingerprint density at radius 1 is 1.45 bits per heavy atom. The highest BCUT2D eigenvalue weighted by molar-refractivity contribution is 7.89. The molecule has 0 aliphatic carbocycles. The molecule has 5 nitrogen and oxygen atoms in total. The van der Waals surface area contributed by atoms with Crippen LogP contribution in [0, 0.1) is 0 Å². The van der Waals surface area contributed by atoms with Gasteiger partial charge in [0.15, 0.2) is 0 Å². The van der Waals surface area contributed by atoms with Crippen molar-refractivity contribution in [2.45, 2.75) is 38.3 Å². The Labute approximate surface area is 126 Å². The number of sulfonamides is 1. The lowest BCUT2D eigenvalue weighted by atomic mass is 10.4. The highest BCUT2D eigenvalue weighted by atomic mass is 32.2. The van der Waals surface area contributed by atoms with Crippen LogP contribution in [0.5, 0.6) is 0 Å². The molecule has 1 aromatic heterocycles. The topological polar surface area (TPSA) is 58.6 Å². The molecule has 0 saturated heterocycles. The zero-order valence-electron chi connectivity index (χ0n) is 12.5. The van der Waals surface area contributed by atoms with Crippen molar-refractivity contribution >= 4 is 21.4 Å². The zero-order chi connectivity index (χ0) is 15.2. The SMILES string of the molecule is CCN(CCOC)S(=O)(=O)c1csc(CNC(C)C)c1. The van der Waals surface area contributed by atoms with E-state index in [1.54, 1.807) is 18.6 Å². The molecule has 0 aliphatic rings. The molecule has 7 heteroatoms. The first-order valence-corrected chi connectivity index (χ1v) is 9.03. The molecule has 1 heterocycles. The first-order chi connectivity index (χ1) is 9.41. The zero-order valence-corrected chi connectivity index (χ0v) is 14.2. The standard InChI is InChI=1S/C13H24N2O3S2/c1-5-15(6-7-18-4)20(16,17)13-8-12(19-10-13)9-14-11(2)3/h8,10-11,14H,5-7,9H2,1-4H3. The Bertz CT molecular complexity index is 497. The number of likely N-dealkylation sites (N-methyl/N-ethyl adjacent to an activating group) is 1. The van der Waals surface area contributed by atoms with Crippen molar-refractivity contribution in [3.8, 4) is 0 Å². The van der Waals surface area contributed by atoms with Crippen molar-refractivity contribution in [1.29, 1.82) is 0 Å². The smallest absolute Gasteiger partial charge is 0.243 e. The molecule has 0 amide bonds. The average Bonchev–Trinajstić information content (AvgIpc) is 2.86. The van der Waals surface area contributed by atoms with Crippen molar-refractivity contribution in [3.05, 3.63) is 16.3 Å². The van der Waals surface area contributed by atoms with Crippen LogP contribution in [0.4, 0.5) is 0 Å². The van der Waals surface area contributed by atoms with E-state index in [-0.39, 0.29) is 0 Å². The van der Waals surface area contributed by atoms with Gasteiger partial charge < -0.3 is 10.1 Å². The lowest BCUT2D eigenvalue weighted by Gasteiger charge is -2.19. The van der Waals surface area contributed by atoms with E-state index >= 15 is 0 Å². The number of thiophene rings is 1. The molecule has 116 valence electrons. The lowest BCUT2D eigenvalue weighted by molar-refractivity contribution is 0.180. The maximum absolute atomic E-state index is 12.5. The van der Waals surface area contributed by atoms with Crippen LogP contribution in [0.25, 0.3) is 0 Å². The first-order valence-electron chi connectivity index (χ1n) is 6.71. The number of hydrogen-bond donors (Lipinski definition) is 1. The molecule has 0 aromatic carbocycles. The molecule has 0 bridgehead atoms. The van der Waals surface area contributed by atoms with Crippen molar-refractivity contribution < 1.29 is 13.2 Å². The summed E-state index contributed by atoms with van der Waals surface area (Å²) in [6, 6.07) is 2.14. The van der Waals surface area contributed by atoms with Crippen LogP contribution in [0.2, 0.25) is 0 Å². The largest absolute Gasteiger partial charge is 0.383 e. The number of hydrogen-bond acceptors (Lipinski definition) is 5. The highest BCUT2D eigenvalue weighted by Crippen LogP contribution is 2.22. The minimum absolute atomic E-state index is 0.376. The fourth-order valence-corrected chi connectivity index (χ4v) is 4.33. The molecule has 0 radical (unpaired) electrons. The summed E-state index contributed by atoms with van der Waals surface area (Å²) in [5.74, 6) is 0. The van der Waals surface area contributed by atoms with E-state index in [2.05, 4.69) is 19.2 Å². The molecule has 1 rings (SSSR count). The maximum Gasteiger partial charge on any atom is 0.243 e. The molecule has 0 atom stereocenters. The minimum atomic E-state index is -3.41. The third kappa shape index (κ3) is 4.82. The van der Waals surface area contributed by atoms with E-state index in [1.165, 1.54) is 15.6 Å². The Morgan fingerprint density at radius 3 is 2.70 bits per heavy atom. The van der Waals surface area contributed by atoms with Gasteiger partial charge in [-0.2, -0.15) is 4.31 Å². The quantitative estimate of drug-likeness (QED) is 0.755. The van der Waals surface area contributed by atoms with Crippen LogP contribution in [-0.4, -0.2) is 45.6 Å². The Morgan fingerprint density at radius 2 is 2.15 bits per heavy atom. The molecule has 1 aromatic rings. The van der Waals surface area contributed by atoms with Crippen molar-refractivity contribution in [2.24, 2.45) is 0 Å². The molecular weight excluding hydrogens is 296 g/mol.